The van der Waals surface area contributed by atoms with Crippen LogP contribution in [-0.2, 0) is 11.2 Å². The van der Waals surface area contributed by atoms with E-state index >= 15 is 0 Å². The smallest absolute Gasteiger partial charge is 0.267 e. The molecule has 0 aliphatic heterocycles. The third-order valence-corrected chi connectivity index (χ3v) is 6.17. The summed E-state index contributed by atoms with van der Waals surface area (Å²) in [5.41, 5.74) is 13.9. The standard InChI is InChI=1S/C24H29FN6O3/c1-12(2)31-21(26)17(22(27)33)19(29-31)14-7-5-13(6-8-14)9-16(32)28-23-18(25)20(30-34-23)15-10-24(3,4)11-15/h5-8,12,15H,9-11,26H2,1-4H3,(H2,27,33)(H,28,32). The van der Waals surface area contributed by atoms with Gasteiger partial charge in [0.15, 0.2) is 0 Å². The van der Waals surface area contributed by atoms with Crippen molar-refractivity contribution in [2.24, 2.45) is 11.1 Å². The first kappa shape index (κ1) is 23.5. The molecule has 0 radical (unpaired) electrons. The minimum Gasteiger partial charge on any atom is -0.383 e. The van der Waals surface area contributed by atoms with E-state index in [1.807, 2.05) is 13.8 Å². The number of nitrogen functional groups attached to an aromatic ring is 1. The zero-order valence-corrected chi connectivity index (χ0v) is 19.7. The molecule has 4 rings (SSSR count). The minimum atomic E-state index is -0.665. The second-order valence-corrected chi connectivity index (χ2v) is 9.91. The molecular weight excluding hydrogens is 439 g/mol. The number of carbonyl (C=O) groups excluding carboxylic acids is 2. The summed E-state index contributed by atoms with van der Waals surface area (Å²) < 4.78 is 21.3. The molecule has 0 saturated heterocycles. The molecule has 0 spiro atoms. The molecule has 2 aromatic heterocycles. The Balaban J connectivity index is 1.45. The Kier molecular flexibility index (Phi) is 5.93. The van der Waals surface area contributed by atoms with Crippen LogP contribution in [0.3, 0.4) is 0 Å². The van der Waals surface area contributed by atoms with Gasteiger partial charge in [0.2, 0.25) is 11.7 Å². The number of benzene rings is 1. The number of hydrogen-bond acceptors (Lipinski definition) is 6. The van der Waals surface area contributed by atoms with Crippen LogP contribution >= 0.6 is 0 Å². The highest BCUT2D eigenvalue weighted by atomic mass is 19.1. The van der Waals surface area contributed by atoms with Gasteiger partial charge in [-0.3, -0.25) is 14.9 Å². The van der Waals surface area contributed by atoms with E-state index in [2.05, 4.69) is 29.4 Å². The van der Waals surface area contributed by atoms with Gasteiger partial charge < -0.3 is 16.0 Å². The normalized spacial score (nSPS) is 15.4. The molecule has 10 heteroatoms. The number of hydrogen-bond donors (Lipinski definition) is 3. The summed E-state index contributed by atoms with van der Waals surface area (Å²) >= 11 is 0. The van der Waals surface area contributed by atoms with E-state index in [4.69, 9.17) is 16.0 Å². The highest BCUT2D eigenvalue weighted by Crippen LogP contribution is 2.51. The molecule has 1 fully saturated rings. The summed E-state index contributed by atoms with van der Waals surface area (Å²) in [6, 6.07) is 6.86. The molecule has 2 heterocycles. The Hall–Kier alpha value is -3.69. The maximum Gasteiger partial charge on any atom is 0.267 e. The summed E-state index contributed by atoms with van der Waals surface area (Å²) in [6.07, 6.45) is 1.65. The van der Waals surface area contributed by atoms with Crippen LogP contribution in [0.15, 0.2) is 28.8 Å². The van der Waals surface area contributed by atoms with E-state index in [0.717, 1.165) is 12.8 Å². The molecule has 2 amide bonds. The fourth-order valence-corrected chi connectivity index (χ4v) is 4.51. The number of amides is 2. The molecule has 1 aliphatic rings. The third-order valence-electron chi connectivity index (χ3n) is 6.17. The second-order valence-electron chi connectivity index (χ2n) is 9.91. The first-order valence-corrected chi connectivity index (χ1v) is 11.2. The van der Waals surface area contributed by atoms with Crippen LogP contribution in [-0.4, -0.2) is 26.8 Å². The lowest BCUT2D eigenvalue weighted by atomic mass is 9.63. The van der Waals surface area contributed by atoms with Gasteiger partial charge in [-0.1, -0.05) is 43.3 Å². The van der Waals surface area contributed by atoms with Crippen LogP contribution in [0.5, 0.6) is 0 Å². The number of nitrogens with two attached hydrogens (primary N) is 2. The molecule has 180 valence electrons. The molecule has 1 aliphatic carbocycles. The van der Waals surface area contributed by atoms with Crippen molar-refractivity contribution in [3.8, 4) is 11.3 Å². The molecule has 0 bridgehead atoms. The van der Waals surface area contributed by atoms with E-state index in [-0.39, 0.29) is 46.8 Å². The van der Waals surface area contributed by atoms with Gasteiger partial charge in [-0.05, 0) is 37.7 Å². The van der Waals surface area contributed by atoms with Crippen molar-refractivity contribution in [2.45, 2.75) is 58.9 Å². The molecule has 5 N–H and O–H groups in total. The number of aromatic nitrogens is 3. The predicted octanol–water partition coefficient (Wildman–Crippen LogP) is 4.02. The first-order chi connectivity index (χ1) is 16.0. The van der Waals surface area contributed by atoms with Crippen LogP contribution in [0.1, 0.15) is 74.1 Å². The second kappa shape index (κ2) is 8.58. The third kappa shape index (κ3) is 4.40. The van der Waals surface area contributed by atoms with Gasteiger partial charge >= 0.3 is 0 Å². The molecule has 9 nitrogen and oxygen atoms in total. The van der Waals surface area contributed by atoms with Gasteiger partial charge in [-0.2, -0.15) is 9.49 Å². The fourth-order valence-electron chi connectivity index (χ4n) is 4.51. The Labute approximate surface area is 196 Å². The monoisotopic (exact) mass is 468 g/mol. The zero-order chi connectivity index (χ0) is 24.8. The first-order valence-electron chi connectivity index (χ1n) is 11.2. The van der Waals surface area contributed by atoms with E-state index in [1.54, 1.807) is 28.9 Å². The topological polar surface area (TPSA) is 142 Å². The highest BCUT2D eigenvalue weighted by Gasteiger charge is 2.41. The summed E-state index contributed by atoms with van der Waals surface area (Å²) in [6.45, 7) is 8.03. The predicted molar refractivity (Wildman–Crippen MR) is 126 cm³/mol. The number of nitrogens with zero attached hydrogens (tertiary/aromatic N) is 3. The SMILES string of the molecule is CC(C)n1nc(-c2ccc(CC(=O)Nc3onc(C4CC(C)(C)C4)c3F)cc2)c(C(N)=O)c1N. The molecule has 1 saturated carbocycles. The van der Waals surface area contributed by atoms with Crippen molar-refractivity contribution in [3.63, 3.8) is 0 Å². The maximum atomic E-state index is 14.7. The Morgan fingerprint density at radius 2 is 1.91 bits per heavy atom. The highest BCUT2D eigenvalue weighted by molar-refractivity contribution is 6.03. The lowest BCUT2D eigenvalue weighted by molar-refractivity contribution is -0.115. The van der Waals surface area contributed by atoms with Crippen LogP contribution in [0, 0.1) is 11.2 Å². The van der Waals surface area contributed by atoms with Crippen molar-refractivity contribution in [1.29, 1.82) is 0 Å². The lowest BCUT2D eigenvalue weighted by Gasteiger charge is -2.41. The fraction of sp³-hybridized carbons (Fsp3) is 0.417. The van der Waals surface area contributed by atoms with Crippen LogP contribution in [0.4, 0.5) is 16.1 Å². The van der Waals surface area contributed by atoms with Crippen molar-refractivity contribution >= 4 is 23.5 Å². The van der Waals surface area contributed by atoms with Crippen molar-refractivity contribution in [1.82, 2.24) is 14.9 Å². The average molecular weight is 469 g/mol. The summed E-state index contributed by atoms with van der Waals surface area (Å²) in [5, 5.41) is 10.7. The van der Waals surface area contributed by atoms with E-state index in [0.29, 0.717) is 16.8 Å². The number of rotatable bonds is 7. The van der Waals surface area contributed by atoms with Gasteiger partial charge in [0, 0.05) is 17.5 Å². The number of primary amides is 1. The molecular formula is C24H29FN6O3. The van der Waals surface area contributed by atoms with Crippen molar-refractivity contribution < 1.29 is 18.5 Å². The average Bonchev–Trinajstić information content (AvgIpc) is 3.27. The molecule has 3 aromatic rings. The maximum absolute atomic E-state index is 14.7. The summed E-state index contributed by atoms with van der Waals surface area (Å²) in [4.78, 5) is 24.4. The Morgan fingerprint density at radius 1 is 1.26 bits per heavy atom. The Morgan fingerprint density at radius 3 is 2.47 bits per heavy atom. The number of halogens is 1. The van der Waals surface area contributed by atoms with Crippen LogP contribution in [0.25, 0.3) is 11.3 Å². The zero-order valence-electron chi connectivity index (χ0n) is 19.7. The summed E-state index contributed by atoms with van der Waals surface area (Å²) in [5.74, 6) is -1.75. The van der Waals surface area contributed by atoms with Gasteiger partial charge in [-0.15, -0.1) is 0 Å². The van der Waals surface area contributed by atoms with E-state index in [1.165, 1.54) is 0 Å². The van der Waals surface area contributed by atoms with Crippen LogP contribution in [0.2, 0.25) is 0 Å². The van der Waals surface area contributed by atoms with Gasteiger partial charge in [0.1, 0.15) is 22.8 Å². The van der Waals surface area contributed by atoms with E-state index < -0.39 is 17.6 Å². The van der Waals surface area contributed by atoms with Gasteiger partial charge in [0.05, 0.1) is 6.42 Å². The number of anilines is 2. The van der Waals surface area contributed by atoms with E-state index in [9.17, 15) is 14.0 Å². The molecule has 1 aromatic carbocycles. The Bertz CT molecular complexity index is 1230. The molecule has 0 atom stereocenters. The molecule has 34 heavy (non-hydrogen) atoms. The number of carbonyl (C=O) groups is 2. The minimum absolute atomic E-state index is 0.00252. The van der Waals surface area contributed by atoms with Gasteiger partial charge in [-0.25, -0.2) is 4.68 Å². The lowest BCUT2D eigenvalue weighted by Crippen LogP contribution is -2.30. The van der Waals surface area contributed by atoms with Crippen LogP contribution < -0.4 is 16.8 Å². The quantitative estimate of drug-likeness (QED) is 0.478. The largest absolute Gasteiger partial charge is 0.383 e. The molecule has 0 unspecified atom stereocenters. The van der Waals surface area contributed by atoms with Gasteiger partial charge in [0.25, 0.3) is 11.8 Å². The number of nitrogens with one attached hydrogen (secondary N) is 1. The van der Waals surface area contributed by atoms with Crippen molar-refractivity contribution in [2.75, 3.05) is 11.1 Å². The van der Waals surface area contributed by atoms with Crippen molar-refractivity contribution in [3.05, 3.63) is 46.9 Å². The summed E-state index contributed by atoms with van der Waals surface area (Å²) in [7, 11) is 0.